The van der Waals surface area contributed by atoms with Crippen LogP contribution >= 0.6 is 0 Å². The maximum absolute atomic E-state index is 5.50. The molecule has 0 radical (unpaired) electrons. The van der Waals surface area contributed by atoms with Crippen LogP contribution in [0.3, 0.4) is 0 Å². The summed E-state index contributed by atoms with van der Waals surface area (Å²) in [6.07, 6.45) is 1.60. The van der Waals surface area contributed by atoms with E-state index in [9.17, 15) is 0 Å². The first-order chi connectivity index (χ1) is 8.00. The average molecular weight is 230 g/mol. The van der Waals surface area contributed by atoms with Gasteiger partial charge in [-0.2, -0.15) is 0 Å². The molecule has 0 bridgehead atoms. The molecule has 0 spiro atoms. The summed E-state index contributed by atoms with van der Waals surface area (Å²) in [6.45, 7) is 6.99. The number of hydrogen-bond acceptors (Lipinski definition) is 3. The molecule has 1 heterocycles. The number of oxazole rings is 1. The second-order valence-electron chi connectivity index (χ2n) is 5.18. The maximum atomic E-state index is 5.50. The zero-order chi connectivity index (χ0) is 12.5. The molecule has 2 aromatic rings. The summed E-state index contributed by atoms with van der Waals surface area (Å²) in [6, 6.07) is 8.29. The summed E-state index contributed by atoms with van der Waals surface area (Å²) in [4.78, 5) is 4.30. The molecule has 2 N–H and O–H groups in total. The molecule has 1 aromatic heterocycles. The summed E-state index contributed by atoms with van der Waals surface area (Å²) in [5, 5.41) is 0. The Morgan fingerprint density at radius 2 is 1.82 bits per heavy atom. The topological polar surface area (TPSA) is 52.0 Å². The Morgan fingerprint density at radius 3 is 2.29 bits per heavy atom. The fraction of sp³-hybridized carbons (Fsp3) is 0.357. The van der Waals surface area contributed by atoms with Gasteiger partial charge >= 0.3 is 0 Å². The van der Waals surface area contributed by atoms with Crippen LogP contribution in [0.2, 0.25) is 0 Å². The van der Waals surface area contributed by atoms with Gasteiger partial charge in [-0.25, -0.2) is 4.98 Å². The highest BCUT2D eigenvalue weighted by Gasteiger charge is 2.14. The lowest BCUT2D eigenvalue weighted by Crippen LogP contribution is -2.10. The third kappa shape index (κ3) is 2.56. The summed E-state index contributed by atoms with van der Waals surface area (Å²) < 4.78 is 5.38. The van der Waals surface area contributed by atoms with Crippen LogP contribution in [0.25, 0.3) is 11.5 Å². The zero-order valence-corrected chi connectivity index (χ0v) is 10.5. The minimum atomic E-state index is 0.164. The normalized spacial score (nSPS) is 11.8. The largest absolute Gasteiger partial charge is 0.444 e. The van der Waals surface area contributed by atoms with Gasteiger partial charge in [0.25, 0.3) is 0 Å². The molecule has 0 unspecified atom stereocenters. The lowest BCUT2D eigenvalue weighted by Gasteiger charge is -2.18. The molecule has 2 rings (SSSR count). The highest BCUT2D eigenvalue weighted by Crippen LogP contribution is 2.25. The van der Waals surface area contributed by atoms with Crippen molar-refractivity contribution in [3.8, 4) is 11.5 Å². The van der Waals surface area contributed by atoms with Gasteiger partial charge < -0.3 is 10.2 Å². The predicted octanol–water partition coefficient (Wildman–Crippen LogP) is 3.10. The van der Waals surface area contributed by atoms with E-state index in [2.05, 4.69) is 37.9 Å². The standard InChI is InChI=1S/C14H18N2O/c1-14(2,3)11-6-4-10(5-7-11)13-16-12(8-15)9-17-13/h4-7,9H,8,15H2,1-3H3. The Balaban J connectivity index is 2.29. The molecule has 0 aliphatic heterocycles. The molecule has 0 aliphatic rings. The lowest BCUT2D eigenvalue weighted by atomic mass is 9.87. The van der Waals surface area contributed by atoms with Gasteiger partial charge in [-0.05, 0) is 23.1 Å². The van der Waals surface area contributed by atoms with Gasteiger partial charge in [0.1, 0.15) is 6.26 Å². The number of nitrogens with two attached hydrogens (primary N) is 1. The predicted molar refractivity (Wildman–Crippen MR) is 68.5 cm³/mol. The first-order valence-corrected chi connectivity index (χ1v) is 5.76. The molecule has 17 heavy (non-hydrogen) atoms. The van der Waals surface area contributed by atoms with Crippen molar-refractivity contribution >= 4 is 0 Å². The molecule has 0 saturated carbocycles. The Hall–Kier alpha value is -1.61. The van der Waals surface area contributed by atoms with Crippen LogP contribution in [0.15, 0.2) is 34.9 Å². The molecular formula is C14H18N2O. The third-order valence-electron chi connectivity index (χ3n) is 2.76. The first-order valence-electron chi connectivity index (χ1n) is 5.76. The van der Waals surface area contributed by atoms with Crippen molar-refractivity contribution in [1.29, 1.82) is 0 Å². The van der Waals surface area contributed by atoms with E-state index in [4.69, 9.17) is 10.2 Å². The molecule has 0 amide bonds. The van der Waals surface area contributed by atoms with E-state index in [-0.39, 0.29) is 5.41 Å². The maximum Gasteiger partial charge on any atom is 0.226 e. The summed E-state index contributed by atoms with van der Waals surface area (Å²) in [7, 11) is 0. The van der Waals surface area contributed by atoms with Crippen LogP contribution in [0, 0.1) is 0 Å². The van der Waals surface area contributed by atoms with Gasteiger partial charge in [0.05, 0.1) is 5.69 Å². The van der Waals surface area contributed by atoms with E-state index in [1.165, 1.54) is 5.56 Å². The molecule has 1 aromatic carbocycles. The molecule has 0 fully saturated rings. The van der Waals surface area contributed by atoms with Gasteiger partial charge in [0.2, 0.25) is 5.89 Å². The van der Waals surface area contributed by atoms with Gasteiger partial charge in [-0.1, -0.05) is 32.9 Å². The second-order valence-corrected chi connectivity index (χ2v) is 5.18. The monoisotopic (exact) mass is 230 g/mol. The molecule has 0 saturated heterocycles. The Morgan fingerprint density at radius 1 is 1.18 bits per heavy atom. The van der Waals surface area contributed by atoms with Crippen LogP contribution in [-0.2, 0) is 12.0 Å². The molecule has 3 nitrogen and oxygen atoms in total. The van der Waals surface area contributed by atoms with Crippen molar-refractivity contribution in [3.63, 3.8) is 0 Å². The summed E-state index contributed by atoms with van der Waals surface area (Å²) in [5.41, 5.74) is 8.72. The SMILES string of the molecule is CC(C)(C)c1ccc(-c2nc(CN)co2)cc1. The van der Waals surface area contributed by atoms with E-state index in [1.54, 1.807) is 6.26 Å². The van der Waals surface area contributed by atoms with E-state index >= 15 is 0 Å². The van der Waals surface area contributed by atoms with Crippen molar-refractivity contribution < 1.29 is 4.42 Å². The fourth-order valence-electron chi connectivity index (χ4n) is 1.65. The number of nitrogens with zero attached hydrogens (tertiary/aromatic N) is 1. The lowest BCUT2D eigenvalue weighted by molar-refractivity contribution is 0.571. The highest BCUT2D eigenvalue weighted by atomic mass is 16.3. The smallest absolute Gasteiger partial charge is 0.226 e. The number of rotatable bonds is 2. The van der Waals surface area contributed by atoms with E-state index < -0.39 is 0 Å². The zero-order valence-electron chi connectivity index (χ0n) is 10.5. The molecule has 0 aliphatic carbocycles. The Labute approximate surface area is 102 Å². The third-order valence-corrected chi connectivity index (χ3v) is 2.76. The van der Waals surface area contributed by atoms with Crippen LogP contribution in [0.1, 0.15) is 32.0 Å². The minimum absolute atomic E-state index is 0.164. The van der Waals surface area contributed by atoms with Gasteiger partial charge in [0.15, 0.2) is 0 Å². The summed E-state index contributed by atoms with van der Waals surface area (Å²) in [5.74, 6) is 0.630. The van der Waals surface area contributed by atoms with Gasteiger partial charge in [0, 0.05) is 12.1 Å². The van der Waals surface area contributed by atoms with Crippen molar-refractivity contribution in [2.24, 2.45) is 5.73 Å². The summed E-state index contributed by atoms with van der Waals surface area (Å²) >= 11 is 0. The second kappa shape index (κ2) is 4.34. The van der Waals surface area contributed by atoms with Crippen LogP contribution < -0.4 is 5.73 Å². The van der Waals surface area contributed by atoms with Crippen LogP contribution in [-0.4, -0.2) is 4.98 Å². The van der Waals surface area contributed by atoms with E-state index in [0.717, 1.165) is 11.3 Å². The molecule has 3 heteroatoms. The van der Waals surface area contributed by atoms with Crippen LogP contribution in [0.5, 0.6) is 0 Å². The van der Waals surface area contributed by atoms with Crippen molar-refractivity contribution in [1.82, 2.24) is 4.98 Å². The van der Waals surface area contributed by atoms with Gasteiger partial charge in [-0.15, -0.1) is 0 Å². The number of aromatic nitrogens is 1. The molecule has 90 valence electrons. The quantitative estimate of drug-likeness (QED) is 0.862. The Bertz CT molecular complexity index is 492. The number of benzene rings is 1. The van der Waals surface area contributed by atoms with Crippen molar-refractivity contribution in [2.45, 2.75) is 32.7 Å². The van der Waals surface area contributed by atoms with E-state index in [1.807, 2.05) is 12.1 Å². The first kappa shape index (κ1) is 11.9. The number of hydrogen-bond donors (Lipinski definition) is 1. The van der Waals surface area contributed by atoms with Crippen molar-refractivity contribution in [3.05, 3.63) is 41.8 Å². The van der Waals surface area contributed by atoms with Crippen LogP contribution in [0.4, 0.5) is 0 Å². The Kier molecular flexibility index (Phi) is 3.03. The average Bonchev–Trinajstić information content (AvgIpc) is 2.76. The van der Waals surface area contributed by atoms with Gasteiger partial charge in [-0.3, -0.25) is 0 Å². The fourth-order valence-corrected chi connectivity index (χ4v) is 1.65. The molecule has 0 atom stereocenters. The highest BCUT2D eigenvalue weighted by molar-refractivity contribution is 5.54. The minimum Gasteiger partial charge on any atom is -0.444 e. The van der Waals surface area contributed by atoms with Crippen molar-refractivity contribution in [2.75, 3.05) is 0 Å². The molecular weight excluding hydrogens is 212 g/mol. The van der Waals surface area contributed by atoms with E-state index in [0.29, 0.717) is 12.4 Å².